The van der Waals surface area contributed by atoms with Crippen LogP contribution in [-0.4, -0.2) is 0 Å². The summed E-state index contributed by atoms with van der Waals surface area (Å²) in [7, 11) is 0. The smallest absolute Gasteiger partial charge is 0.0616 e. The first kappa shape index (κ1) is 0.298. The van der Waals surface area contributed by atoms with Crippen molar-refractivity contribution in [1.82, 2.24) is 0 Å². The molecule has 22 valence electrons. The molecule has 0 aromatic carbocycles. The maximum Gasteiger partial charge on any atom is 0.0616 e. The molecule has 0 aliphatic rings. The fraction of sp³-hybridized carbons (Fsp3) is 0. The van der Waals surface area contributed by atoms with Crippen molar-refractivity contribution >= 4 is 0 Å². The van der Waals surface area contributed by atoms with Crippen molar-refractivity contribution in [2.45, 2.75) is 0 Å². The Labute approximate surface area is 34.9 Å². The Morgan fingerprint density at radius 1 is 1.75 bits per heavy atom. The number of hydrogen-bond donors (Lipinski definition) is 0. The van der Waals surface area contributed by atoms with E-state index in [9.17, 15) is 0 Å². The summed E-state index contributed by atoms with van der Waals surface area (Å²) in [5.41, 5.74) is 0. The molecule has 0 aromatic rings. The van der Waals surface area contributed by atoms with Crippen LogP contribution in [0.3, 0.4) is 0 Å². The summed E-state index contributed by atoms with van der Waals surface area (Å²) in [4.78, 5) is 0. The molecule has 0 aliphatic heterocycles. The van der Waals surface area contributed by atoms with E-state index in [2.05, 4.69) is 0 Å². The Kier molecular flexibility index (Phi) is 0.185. The Hall–Kier alpha value is -0.520. The average Bonchev–Trinajstić information content (AvgIpc) is 1.84. The summed E-state index contributed by atoms with van der Waals surface area (Å²) in [6.07, 6.45) is 0. The number of allylic oxidation sites excluding steroid dienone is 2. The number of rotatable bonds is 1. The minimum absolute atomic E-state index is 0.694. The van der Waals surface area contributed by atoms with Gasteiger partial charge in [-0.2, -0.15) is 0 Å². The van der Waals surface area contributed by atoms with Crippen LogP contribution in [0.2, 0.25) is 0 Å². The molecule has 0 heterocycles. The second-order valence-electron chi connectivity index (χ2n) is 0.250. The van der Waals surface area contributed by atoms with E-state index in [4.69, 9.17) is 8.22 Å². The van der Waals surface area contributed by atoms with Crippen molar-refractivity contribution in [3.05, 3.63) is 25.2 Å². The zero-order valence-electron chi connectivity index (χ0n) is 8.00. The second kappa shape index (κ2) is 2.48. The van der Waals surface area contributed by atoms with Gasteiger partial charge in [-0.3, -0.25) is 0 Å². The van der Waals surface area contributed by atoms with Crippen molar-refractivity contribution < 1.29 is 8.22 Å². The lowest BCUT2D eigenvalue weighted by molar-refractivity contribution is 2.15. The largest absolute Gasteiger partial charge is 0.0991 e. The molecule has 0 aliphatic carbocycles. The minimum Gasteiger partial charge on any atom is -0.0991 e. The summed E-state index contributed by atoms with van der Waals surface area (Å²) in [6.45, 7) is -1.69. The minimum atomic E-state index is -0.845. The lowest BCUT2D eigenvalue weighted by Crippen LogP contribution is -1.21. The molecule has 0 heteroatoms. The molecule has 0 atom stereocenters. The molecule has 0 radical (unpaired) electrons. The third-order valence-corrected chi connectivity index (χ3v) is 0.0625. The topological polar surface area (TPSA) is 0 Å². The molecule has 0 aromatic heterocycles. The lowest BCUT2D eigenvalue weighted by Gasteiger charge is -1.44. The van der Waals surface area contributed by atoms with Crippen LogP contribution in [0.15, 0.2) is 25.2 Å². The van der Waals surface area contributed by atoms with Crippen LogP contribution in [0.5, 0.6) is 0 Å². The Morgan fingerprint density at radius 3 is 2.50 bits per heavy atom. The second-order valence-corrected chi connectivity index (χ2v) is 0.250. The van der Waals surface area contributed by atoms with Crippen LogP contribution >= 0.6 is 0 Å². The third-order valence-electron chi connectivity index (χ3n) is 0.0625. The van der Waals surface area contributed by atoms with E-state index < -0.39 is 25.2 Å². The maximum absolute atomic E-state index is 6.78. The molecule has 0 saturated carbocycles. The van der Waals surface area contributed by atoms with Crippen LogP contribution < -0.4 is 0 Å². The van der Waals surface area contributed by atoms with Crippen molar-refractivity contribution in [2.24, 2.45) is 0 Å². The Morgan fingerprint density at radius 2 is 2.25 bits per heavy atom. The van der Waals surface area contributed by atoms with Gasteiger partial charge in [0, 0.05) is 0 Å². The molecule has 0 amide bonds. The Bertz CT molecular complexity index is 160. The van der Waals surface area contributed by atoms with E-state index in [1.54, 1.807) is 0 Å². The summed E-state index contributed by atoms with van der Waals surface area (Å²) in [5, 5.41) is 0. The maximum atomic E-state index is 6.78. The molecule has 0 unspecified atom stereocenters. The van der Waals surface area contributed by atoms with Gasteiger partial charge in [0.1, 0.15) is 0 Å². The highest BCUT2D eigenvalue weighted by Gasteiger charge is 1.29. The standard InChI is InChI=1S/C4H6/c1-3-4-2/h3-4H,1-2H2/i1+1D2,2+1D2,3+1D,4+1D. The lowest BCUT2D eigenvalue weighted by atomic mass is 11.6. The molecule has 0 bridgehead atoms. The predicted octanol–water partition coefficient (Wildman–Crippen LogP) is 1.36. The molecule has 0 saturated heterocycles. The van der Waals surface area contributed by atoms with Crippen molar-refractivity contribution in [1.29, 1.82) is 0 Å². The number of hydrogen-bond acceptors (Lipinski definition) is 0. The van der Waals surface area contributed by atoms with Gasteiger partial charge in [0.2, 0.25) is 0 Å². The van der Waals surface area contributed by atoms with Crippen LogP contribution in [-0.2, 0) is 0 Å². The van der Waals surface area contributed by atoms with Gasteiger partial charge in [0.15, 0.2) is 0 Å². The van der Waals surface area contributed by atoms with E-state index >= 15 is 0 Å². The van der Waals surface area contributed by atoms with Crippen LogP contribution in [0.4, 0.5) is 0 Å². The molecule has 0 spiro atoms. The molecule has 4 heavy (non-hydrogen) atoms. The van der Waals surface area contributed by atoms with Gasteiger partial charge in [-0.1, -0.05) is 25.2 Å². The molecular formula is C4H6. The third kappa shape index (κ3) is 1.48. The van der Waals surface area contributed by atoms with Crippen molar-refractivity contribution in [2.75, 3.05) is 0 Å². The average molecular weight is 64.1 g/mol. The predicted molar refractivity (Wildman–Crippen MR) is 20.4 cm³/mol. The summed E-state index contributed by atoms with van der Waals surface area (Å²) >= 11 is 0. The zero-order valence-corrected chi connectivity index (χ0v) is 2.00. The van der Waals surface area contributed by atoms with E-state index in [-0.39, 0.29) is 0 Å². The summed E-state index contributed by atoms with van der Waals surface area (Å²) in [5.74, 6) is 0. The van der Waals surface area contributed by atoms with Gasteiger partial charge in [0.05, 0.1) is 8.22 Å². The first-order chi connectivity index (χ1) is 4.46. The van der Waals surface area contributed by atoms with Gasteiger partial charge in [-0.05, 0) is 0 Å². The van der Waals surface area contributed by atoms with E-state index in [1.165, 1.54) is 0 Å². The van der Waals surface area contributed by atoms with E-state index in [1.807, 2.05) is 0 Å². The highest BCUT2D eigenvalue weighted by Crippen LogP contribution is 1.52. The van der Waals surface area contributed by atoms with Crippen molar-refractivity contribution in [3.63, 3.8) is 0 Å². The highest BCUT2D eigenvalue weighted by molar-refractivity contribution is 4.88. The monoisotopic (exact) mass is 64.1 g/mol. The molecule has 0 nitrogen and oxygen atoms in total. The molecule has 0 N–H and O–H groups in total. The normalized spacial score (nSPS) is 24.0. The molecular weight excluding hydrogens is 52.0 g/mol. The molecule has 0 rings (SSSR count). The van der Waals surface area contributed by atoms with Crippen molar-refractivity contribution in [3.8, 4) is 0 Å². The van der Waals surface area contributed by atoms with Crippen LogP contribution in [0, 0.1) is 0 Å². The Balaban J connectivity index is 4.71. The fourth-order valence-electron chi connectivity index (χ4n) is 0. The summed E-state index contributed by atoms with van der Waals surface area (Å²) < 4.78 is 39.7. The van der Waals surface area contributed by atoms with Gasteiger partial charge < -0.3 is 0 Å². The first-order valence-corrected chi connectivity index (χ1v) is 0.750. The molecule has 0 fully saturated rings. The van der Waals surface area contributed by atoms with E-state index in [0.29, 0.717) is 0 Å². The quantitative estimate of drug-likeness (QED) is 0.319. The van der Waals surface area contributed by atoms with Crippen LogP contribution in [0.25, 0.3) is 0 Å². The highest BCUT2D eigenvalue weighted by atomic mass is 14.4. The van der Waals surface area contributed by atoms with Gasteiger partial charge in [-0.15, -0.1) is 0 Å². The zero-order chi connectivity index (χ0) is 8.31. The SMILES string of the molecule is [2H][13C]([2H])=[13C]([2H])[13C]([2H])=[13C]([2H])[2H]. The van der Waals surface area contributed by atoms with Gasteiger partial charge in [-0.25, -0.2) is 0 Å². The van der Waals surface area contributed by atoms with Crippen LogP contribution in [0.1, 0.15) is 8.22 Å². The van der Waals surface area contributed by atoms with E-state index in [0.717, 1.165) is 0 Å². The van der Waals surface area contributed by atoms with Gasteiger partial charge in [0.25, 0.3) is 0 Å². The first-order valence-electron chi connectivity index (χ1n) is 3.75. The fourth-order valence-corrected chi connectivity index (χ4v) is 0. The summed E-state index contributed by atoms with van der Waals surface area (Å²) in [6, 6.07) is -1.39. The van der Waals surface area contributed by atoms with Gasteiger partial charge >= 0.3 is 0 Å².